The number of oxime groups is 1. The Bertz CT molecular complexity index is 861. The molecule has 0 saturated carbocycles. The first-order chi connectivity index (χ1) is 10.8. The van der Waals surface area contributed by atoms with Gasteiger partial charge in [0.25, 0.3) is 0 Å². The van der Waals surface area contributed by atoms with Gasteiger partial charge in [0.1, 0.15) is 6.07 Å². The van der Waals surface area contributed by atoms with Crippen molar-refractivity contribution in [3.8, 4) is 6.07 Å². The largest absolute Gasteiger partial charge is 0.365 e. The molecule has 0 N–H and O–H groups in total. The van der Waals surface area contributed by atoms with Crippen LogP contribution in [-0.2, 0) is 4.84 Å². The molecule has 0 atom stereocenters. The lowest BCUT2D eigenvalue weighted by Crippen LogP contribution is -2.04. The Kier molecular flexibility index (Phi) is 3.90. The molecule has 0 aliphatic heterocycles. The van der Waals surface area contributed by atoms with Gasteiger partial charge in [-0.15, -0.1) is 11.3 Å². The second-order valence-electron chi connectivity index (χ2n) is 4.28. The number of para-hydroxylation sites is 1. The molecule has 106 valence electrons. The Balaban J connectivity index is 1.85. The zero-order valence-corrected chi connectivity index (χ0v) is 12.1. The van der Waals surface area contributed by atoms with Crippen LogP contribution in [0.5, 0.6) is 0 Å². The number of hydrogen-bond acceptors (Lipinski definition) is 6. The third kappa shape index (κ3) is 2.85. The van der Waals surface area contributed by atoms with Gasteiger partial charge in [-0.3, -0.25) is 0 Å². The Labute approximate surface area is 130 Å². The summed E-state index contributed by atoms with van der Waals surface area (Å²) in [5.74, 6) is -0.616. The molecule has 5 nitrogen and oxygen atoms in total. The number of hydrogen-bond donors (Lipinski definition) is 0. The van der Waals surface area contributed by atoms with E-state index in [1.807, 2.05) is 30.3 Å². The molecule has 22 heavy (non-hydrogen) atoms. The van der Waals surface area contributed by atoms with Crippen molar-refractivity contribution >= 4 is 33.2 Å². The number of nitriles is 1. The van der Waals surface area contributed by atoms with Gasteiger partial charge in [0, 0.05) is 0 Å². The van der Waals surface area contributed by atoms with E-state index in [2.05, 4.69) is 10.1 Å². The van der Waals surface area contributed by atoms with Crippen molar-refractivity contribution in [2.45, 2.75) is 0 Å². The smallest absolute Gasteiger partial charge is 0.311 e. The number of nitrogens with zero attached hydrogens (tertiary/aromatic N) is 3. The van der Waals surface area contributed by atoms with E-state index >= 15 is 0 Å². The predicted octanol–water partition coefficient (Wildman–Crippen LogP) is 3.38. The highest BCUT2D eigenvalue weighted by Gasteiger charge is 2.12. The van der Waals surface area contributed by atoms with Gasteiger partial charge in [-0.05, 0) is 24.3 Å². The first-order valence-electron chi connectivity index (χ1n) is 6.38. The average Bonchev–Trinajstić information content (AvgIpc) is 3.00. The van der Waals surface area contributed by atoms with Crippen LogP contribution in [0.1, 0.15) is 15.4 Å². The maximum Gasteiger partial charge on any atom is 0.365 e. The van der Waals surface area contributed by atoms with Crippen LogP contribution in [-0.4, -0.2) is 16.7 Å². The molecule has 3 rings (SSSR count). The first kappa shape index (κ1) is 13.9. The zero-order valence-electron chi connectivity index (χ0n) is 11.3. The van der Waals surface area contributed by atoms with Crippen LogP contribution in [0, 0.1) is 11.3 Å². The summed E-state index contributed by atoms with van der Waals surface area (Å²) in [5, 5.41) is 13.2. The van der Waals surface area contributed by atoms with Crippen LogP contribution < -0.4 is 0 Å². The number of benzene rings is 2. The summed E-state index contributed by atoms with van der Waals surface area (Å²) in [6.45, 7) is 0. The summed E-state index contributed by atoms with van der Waals surface area (Å²) < 4.78 is 0.940. The van der Waals surface area contributed by atoms with Gasteiger partial charge in [-0.25, -0.2) is 9.78 Å². The number of fused-ring (bicyclic) bond motifs is 1. The van der Waals surface area contributed by atoms with Gasteiger partial charge in [0.15, 0.2) is 5.01 Å². The third-order valence-electron chi connectivity index (χ3n) is 2.83. The second kappa shape index (κ2) is 6.16. The van der Waals surface area contributed by atoms with Crippen molar-refractivity contribution in [3.63, 3.8) is 0 Å². The summed E-state index contributed by atoms with van der Waals surface area (Å²) in [7, 11) is 0. The molecule has 0 spiro atoms. The Morgan fingerprint density at radius 1 is 1.14 bits per heavy atom. The lowest BCUT2D eigenvalue weighted by atomic mass is 10.2. The van der Waals surface area contributed by atoms with Crippen molar-refractivity contribution in [1.29, 1.82) is 5.26 Å². The lowest BCUT2D eigenvalue weighted by molar-refractivity contribution is 0.0517. The van der Waals surface area contributed by atoms with Gasteiger partial charge < -0.3 is 4.84 Å². The number of carbonyl (C=O) groups is 1. The molecule has 2 aromatic carbocycles. The topological polar surface area (TPSA) is 75.3 Å². The van der Waals surface area contributed by atoms with E-state index in [1.54, 1.807) is 30.3 Å². The molecule has 0 aliphatic carbocycles. The molecule has 0 amide bonds. The van der Waals surface area contributed by atoms with Crippen LogP contribution in [0.2, 0.25) is 0 Å². The quantitative estimate of drug-likeness (QED) is 0.422. The molecule has 6 heteroatoms. The van der Waals surface area contributed by atoms with Crippen molar-refractivity contribution in [2.75, 3.05) is 0 Å². The first-order valence-corrected chi connectivity index (χ1v) is 7.20. The molecule has 0 bridgehead atoms. The summed E-state index contributed by atoms with van der Waals surface area (Å²) in [4.78, 5) is 20.9. The zero-order chi connectivity index (χ0) is 15.4. The molecular formula is C16H9N3O2S. The standard InChI is InChI=1S/C16H9N3O2S/c17-10-13(15-18-12-8-4-5-9-14(12)22-15)19-21-16(20)11-6-2-1-3-7-11/h1-9H. The normalized spacial score (nSPS) is 11.1. The van der Waals surface area contributed by atoms with Crippen LogP contribution >= 0.6 is 11.3 Å². The number of carbonyl (C=O) groups excluding carboxylic acids is 1. The van der Waals surface area contributed by atoms with E-state index in [0.29, 0.717) is 10.6 Å². The predicted molar refractivity (Wildman–Crippen MR) is 83.6 cm³/mol. The van der Waals surface area contributed by atoms with Crippen molar-refractivity contribution < 1.29 is 9.63 Å². The number of rotatable bonds is 3. The van der Waals surface area contributed by atoms with Crippen LogP contribution in [0.15, 0.2) is 59.8 Å². The molecule has 0 radical (unpaired) electrons. The Morgan fingerprint density at radius 3 is 2.59 bits per heavy atom. The van der Waals surface area contributed by atoms with Crippen LogP contribution in [0.4, 0.5) is 0 Å². The SMILES string of the molecule is N#CC(=NOC(=O)c1ccccc1)c1nc2ccccc2s1. The molecule has 0 fully saturated rings. The highest BCUT2D eigenvalue weighted by atomic mass is 32.1. The van der Waals surface area contributed by atoms with Gasteiger partial charge in [0.2, 0.25) is 5.71 Å². The van der Waals surface area contributed by atoms with Crippen LogP contribution in [0.25, 0.3) is 10.2 Å². The van der Waals surface area contributed by atoms with E-state index in [0.717, 1.165) is 10.2 Å². The fourth-order valence-electron chi connectivity index (χ4n) is 1.79. The molecule has 1 aromatic heterocycles. The minimum Gasteiger partial charge on any atom is -0.311 e. The Morgan fingerprint density at radius 2 is 1.86 bits per heavy atom. The number of aromatic nitrogens is 1. The van der Waals surface area contributed by atoms with E-state index < -0.39 is 5.97 Å². The summed E-state index contributed by atoms with van der Waals surface area (Å²) in [5.41, 5.74) is 1.12. The van der Waals surface area contributed by atoms with Gasteiger partial charge in [0.05, 0.1) is 15.8 Å². The van der Waals surface area contributed by atoms with Crippen molar-refractivity contribution in [3.05, 3.63) is 65.2 Å². The molecule has 0 aliphatic rings. The average molecular weight is 307 g/mol. The van der Waals surface area contributed by atoms with Gasteiger partial charge in [-0.2, -0.15) is 5.26 Å². The summed E-state index contributed by atoms with van der Waals surface area (Å²) in [6, 6.07) is 17.9. The van der Waals surface area contributed by atoms with Crippen molar-refractivity contribution in [1.82, 2.24) is 4.98 Å². The maximum absolute atomic E-state index is 11.8. The third-order valence-corrected chi connectivity index (χ3v) is 3.87. The fourth-order valence-corrected chi connectivity index (χ4v) is 2.69. The van der Waals surface area contributed by atoms with E-state index in [-0.39, 0.29) is 5.71 Å². The number of thiazole rings is 1. The lowest BCUT2D eigenvalue weighted by Gasteiger charge is -1.97. The van der Waals surface area contributed by atoms with Gasteiger partial charge >= 0.3 is 5.97 Å². The van der Waals surface area contributed by atoms with Crippen molar-refractivity contribution in [2.24, 2.45) is 5.16 Å². The van der Waals surface area contributed by atoms with E-state index in [4.69, 9.17) is 4.84 Å². The molecule has 1 heterocycles. The minimum absolute atomic E-state index is 0.0227. The molecule has 3 aromatic rings. The minimum atomic E-state index is -0.616. The molecule has 0 unspecified atom stereocenters. The maximum atomic E-state index is 11.8. The summed E-state index contributed by atoms with van der Waals surface area (Å²) in [6.07, 6.45) is 0. The Hall–Kier alpha value is -3.04. The molecular weight excluding hydrogens is 298 g/mol. The molecule has 0 saturated heterocycles. The second-order valence-corrected chi connectivity index (χ2v) is 5.31. The highest BCUT2D eigenvalue weighted by molar-refractivity contribution is 7.20. The summed E-state index contributed by atoms with van der Waals surface area (Å²) >= 11 is 1.32. The van der Waals surface area contributed by atoms with Crippen LogP contribution in [0.3, 0.4) is 0 Å². The van der Waals surface area contributed by atoms with E-state index in [9.17, 15) is 10.1 Å². The highest BCUT2D eigenvalue weighted by Crippen LogP contribution is 2.22. The van der Waals surface area contributed by atoms with Gasteiger partial charge in [-0.1, -0.05) is 35.5 Å². The monoisotopic (exact) mass is 307 g/mol. The van der Waals surface area contributed by atoms with E-state index in [1.165, 1.54) is 11.3 Å². The fraction of sp³-hybridized carbons (Fsp3) is 0.